The summed E-state index contributed by atoms with van der Waals surface area (Å²) in [5.41, 5.74) is 0. The minimum Gasteiger partial charge on any atom is -0.380 e. The summed E-state index contributed by atoms with van der Waals surface area (Å²) < 4.78 is 5.53. The normalized spacial score (nSPS) is 30.4. The largest absolute Gasteiger partial charge is 0.380 e. The van der Waals surface area contributed by atoms with Crippen LogP contribution in [0.15, 0.2) is 0 Å². The maximum Gasteiger partial charge on any atom is 0.0724 e. The summed E-state index contributed by atoms with van der Waals surface area (Å²) in [5, 5.41) is 1.12. The first kappa shape index (κ1) is 13.5. The van der Waals surface area contributed by atoms with Crippen molar-refractivity contribution in [1.29, 1.82) is 0 Å². The third-order valence-electron chi connectivity index (χ3n) is 3.59. The van der Waals surface area contributed by atoms with Crippen molar-refractivity contribution in [2.24, 2.45) is 11.8 Å². The van der Waals surface area contributed by atoms with Gasteiger partial charge in [0.05, 0.1) is 6.10 Å². The number of likely N-dealkylation sites (tertiary alicyclic amines) is 1. The summed E-state index contributed by atoms with van der Waals surface area (Å²) in [6.07, 6.45) is 2.97. The molecule has 0 aromatic rings. The Morgan fingerprint density at radius 3 is 2.80 bits per heavy atom. The highest BCUT2D eigenvalue weighted by molar-refractivity contribution is 9.09. The number of nitrogens with zero attached hydrogens (tertiary/aromatic N) is 1. The van der Waals surface area contributed by atoms with Crippen LogP contribution in [0.4, 0.5) is 0 Å². The van der Waals surface area contributed by atoms with E-state index in [0.717, 1.165) is 23.7 Å². The van der Waals surface area contributed by atoms with Crippen molar-refractivity contribution in [2.75, 3.05) is 32.1 Å². The number of piperidine rings is 1. The summed E-state index contributed by atoms with van der Waals surface area (Å²) in [6.45, 7) is 8.14. The number of alkyl halides is 1. The molecule has 0 spiro atoms. The molecule has 0 bridgehead atoms. The molecule has 3 unspecified atom stereocenters. The van der Waals surface area contributed by atoms with Crippen molar-refractivity contribution in [1.82, 2.24) is 4.90 Å². The molecular weight excluding hydrogens is 254 g/mol. The monoisotopic (exact) mass is 277 g/mol. The fraction of sp³-hybridized carbons (Fsp3) is 1.00. The first-order valence-corrected chi connectivity index (χ1v) is 7.14. The van der Waals surface area contributed by atoms with Gasteiger partial charge < -0.3 is 9.64 Å². The molecule has 3 atom stereocenters. The second kappa shape index (κ2) is 6.87. The summed E-state index contributed by atoms with van der Waals surface area (Å²) in [5.74, 6) is 1.51. The van der Waals surface area contributed by atoms with Gasteiger partial charge in [0, 0.05) is 25.5 Å². The van der Waals surface area contributed by atoms with Crippen molar-refractivity contribution in [2.45, 2.75) is 32.8 Å². The van der Waals surface area contributed by atoms with Gasteiger partial charge >= 0.3 is 0 Å². The number of hydrogen-bond acceptors (Lipinski definition) is 2. The molecule has 90 valence electrons. The Balaban J connectivity index is 2.37. The van der Waals surface area contributed by atoms with Crippen LogP contribution in [0, 0.1) is 11.8 Å². The Hall–Kier alpha value is 0.400. The van der Waals surface area contributed by atoms with Crippen molar-refractivity contribution in [3.8, 4) is 0 Å². The molecule has 0 aromatic heterocycles. The molecule has 1 heterocycles. The van der Waals surface area contributed by atoms with E-state index in [-0.39, 0.29) is 0 Å². The van der Waals surface area contributed by atoms with Gasteiger partial charge in [0.15, 0.2) is 0 Å². The minimum absolute atomic E-state index is 0.437. The molecule has 2 nitrogen and oxygen atoms in total. The Morgan fingerprint density at radius 1 is 1.53 bits per heavy atom. The van der Waals surface area contributed by atoms with Crippen LogP contribution in [0.25, 0.3) is 0 Å². The van der Waals surface area contributed by atoms with Gasteiger partial charge in [-0.15, -0.1) is 0 Å². The van der Waals surface area contributed by atoms with Gasteiger partial charge in [-0.3, -0.25) is 0 Å². The molecule has 1 rings (SSSR count). The van der Waals surface area contributed by atoms with E-state index in [2.05, 4.69) is 34.7 Å². The SMILES string of the molecule is CCC(CBr)CN1CCC(C)C(OC)C1. The Bertz CT molecular complexity index is 171. The zero-order chi connectivity index (χ0) is 11.3. The van der Waals surface area contributed by atoms with E-state index in [4.69, 9.17) is 4.74 Å². The molecule has 0 saturated carbocycles. The number of rotatable bonds is 5. The van der Waals surface area contributed by atoms with Crippen LogP contribution >= 0.6 is 15.9 Å². The van der Waals surface area contributed by atoms with Gasteiger partial charge in [-0.25, -0.2) is 0 Å². The van der Waals surface area contributed by atoms with Crippen molar-refractivity contribution < 1.29 is 4.74 Å². The average molecular weight is 278 g/mol. The second-order valence-electron chi connectivity index (χ2n) is 4.73. The first-order valence-electron chi connectivity index (χ1n) is 6.02. The lowest BCUT2D eigenvalue weighted by Gasteiger charge is -2.37. The van der Waals surface area contributed by atoms with E-state index in [9.17, 15) is 0 Å². The van der Waals surface area contributed by atoms with Crippen LogP contribution in [0.5, 0.6) is 0 Å². The Labute approximate surface area is 102 Å². The standard InChI is InChI=1S/C12H24BrNO/c1-4-11(7-13)8-14-6-5-10(2)12(9-14)15-3/h10-12H,4-9H2,1-3H3. The zero-order valence-corrected chi connectivity index (χ0v) is 11.8. The van der Waals surface area contributed by atoms with Gasteiger partial charge in [-0.05, 0) is 24.8 Å². The molecule has 1 saturated heterocycles. The highest BCUT2D eigenvalue weighted by Crippen LogP contribution is 2.21. The summed E-state index contributed by atoms with van der Waals surface area (Å²) in [7, 11) is 1.84. The van der Waals surface area contributed by atoms with Crippen LogP contribution in [0.2, 0.25) is 0 Å². The lowest BCUT2D eigenvalue weighted by Crippen LogP contribution is -2.45. The third kappa shape index (κ3) is 4.04. The molecular formula is C12H24BrNO. The molecule has 0 radical (unpaired) electrons. The molecule has 1 aliphatic heterocycles. The van der Waals surface area contributed by atoms with Gasteiger partial charge in [0.1, 0.15) is 0 Å². The molecule has 1 aliphatic rings. The van der Waals surface area contributed by atoms with E-state index >= 15 is 0 Å². The number of methoxy groups -OCH3 is 1. The number of ether oxygens (including phenoxy) is 1. The smallest absolute Gasteiger partial charge is 0.0724 e. The maximum absolute atomic E-state index is 5.53. The van der Waals surface area contributed by atoms with Crippen LogP contribution in [-0.4, -0.2) is 43.1 Å². The molecule has 1 fully saturated rings. The molecule has 3 heteroatoms. The maximum atomic E-state index is 5.53. The van der Waals surface area contributed by atoms with Gasteiger partial charge in [-0.2, -0.15) is 0 Å². The van der Waals surface area contributed by atoms with E-state index < -0.39 is 0 Å². The molecule has 15 heavy (non-hydrogen) atoms. The van der Waals surface area contributed by atoms with Crippen molar-refractivity contribution in [3.63, 3.8) is 0 Å². The molecule has 0 aliphatic carbocycles. The summed E-state index contributed by atoms with van der Waals surface area (Å²) >= 11 is 3.59. The summed E-state index contributed by atoms with van der Waals surface area (Å²) in [6, 6.07) is 0. The lowest BCUT2D eigenvalue weighted by atomic mass is 9.95. The lowest BCUT2D eigenvalue weighted by molar-refractivity contribution is -0.00847. The van der Waals surface area contributed by atoms with Crippen LogP contribution in [0.1, 0.15) is 26.7 Å². The minimum atomic E-state index is 0.437. The van der Waals surface area contributed by atoms with Crippen molar-refractivity contribution >= 4 is 15.9 Å². The van der Waals surface area contributed by atoms with E-state index in [1.165, 1.54) is 25.9 Å². The predicted molar refractivity (Wildman–Crippen MR) is 68.6 cm³/mol. The van der Waals surface area contributed by atoms with Gasteiger partial charge in [0.2, 0.25) is 0 Å². The van der Waals surface area contributed by atoms with Crippen molar-refractivity contribution in [3.05, 3.63) is 0 Å². The van der Waals surface area contributed by atoms with E-state index in [1.807, 2.05) is 7.11 Å². The predicted octanol–water partition coefficient (Wildman–Crippen LogP) is 2.76. The Kier molecular flexibility index (Phi) is 6.17. The van der Waals surface area contributed by atoms with Gasteiger partial charge in [-0.1, -0.05) is 36.2 Å². The summed E-state index contributed by atoms with van der Waals surface area (Å²) in [4.78, 5) is 2.56. The second-order valence-corrected chi connectivity index (χ2v) is 5.38. The first-order chi connectivity index (χ1) is 7.21. The van der Waals surface area contributed by atoms with E-state index in [1.54, 1.807) is 0 Å². The van der Waals surface area contributed by atoms with Crippen LogP contribution in [0.3, 0.4) is 0 Å². The van der Waals surface area contributed by atoms with Gasteiger partial charge in [0.25, 0.3) is 0 Å². The molecule has 0 amide bonds. The topological polar surface area (TPSA) is 12.5 Å². The number of hydrogen-bond donors (Lipinski definition) is 0. The Morgan fingerprint density at radius 2 is 2.27 bits per heavy atom. The third-order valence-corrected chi connectivity index (χ3v) is 4.50. The van der Waals surface area contributed by atoms with E-state index in [0.29, 0.717) is 6.10 Å². The van der Waals surface area contributed by atoms with Crippen LogP contribution in [-0.2, 0) is 4.74 Å². The zero-order valence-electron chi connectivity index (χ0n) is 10.2. The molecule has 0 N–H and O–H groups in total. The quantitative estimate of drug-likeness (QED) is 0.717. The fourth-order valence-corrected chi connectivity index (χ4v) is 2.89. The highest BCUT2D eigenvalue weighted by Gasteiger charge is 2.26. The molecule has 0 aromatic carbocycles. The number of halogens is 1. The average Bonchev–Trinajstić information content (AvgIpc) is 2.28. The fourth-order valence-electron chi connectivity index (χ4n) is 2.22. The highest BCUT2D eigenvalue weighted by atomic mass is 79.9. The van der Waals surface area contributed by atoms with Crippen LogP contribution < -0.4 is 0 Å².